The van der Waals surface area contributed by atoms with Crippen molar-refractivity contribution in [3.63, 3.8) is 0 Å². The molecule has 0 amide bonds. The molecule has 1 aliphatic carbocycles. The van der Waals surface area contributed by atoms with Gasteiger partial charge in [0, 0.05) is 18.5 Å². The molecule has 0 radical (unpaired) electrons. The Morgan fingerprint density at radius 1 is 1.35 bits per heavy atom. The van der Waals surface area contributed by atoms with Crippen LogP contribution >= 0.6 is 11.3 Å². The number of aliphatic hydroxyl groups excluding tert-OH is 1. The minimum atomic E-state index is -0.364. The molecular formula is C16H20N2OS. The third kappa shape index (κ3) is 2.72. The van der Waals surface area contributed by atoms with E-state index in [9.17, 15) is 5.11 Å². The number of aromatic nitrogens is 1. The predicted molar refractivity (Wildman–Crippen MR) is 83.3 cm³/mol. The van der Waals surface area contributed by atoms with Crippen molar-refractivity contribution in [2.24, 2.45) is 0 Å². The number of hydrogen-bond acceptors (Lipinski definition) is 4. The molecule has 106 valence electrons. The average Bonchev–Trinajstić information content (AvgIpc) is 2.87. The van der Waals surface area contributed by atoms with Gasteiger partial charge in [0.2, 0.25) is 0 Å². The summed E-state index contributed by atoms with van der Waals surface area (Å²) in [4.78, 5) is 8.07. The van der Waals surface area contributed by atoms with Gasteiger partial charge in [0.05, 0.1) is 11.8 Å². The van der Waals surface area contributed by atoms with E-state index >= 15 is 0 Å². The maximum atomic E-state index is 10.0. The first-order chi connectivity index (χ1) is 9.63. The summed E-state index contributed by atoms with van der Waals surface area (Å²) in [5.41, 5.74) is 3.48. The van der Waals surface area contributed by atoms with Crippen molar-refractivity contribution >= 4 is 16.5 Å². The highest BCUT2D eigenvalue weighted by Crippen LogP contribution is 2.36. The quantitative estimate of drug-likeness (QED) is 0.939. The highest BCUT2D eigenvalue weighted by Gasteiger charge is 2.23. The van der Waals surface area contributed by atoms with E-state index < -0.39 is 0 Å². The number of benzene rings is 1. The molecule has 0 bridgehead atoms. The molecule has 1 aromatic carbocycles. The Balaban J connectivity index is 1.77. The molecule has 1 atom stereocenters. The lowest BCUT2D eigenvalue weighted by atomic mass is 10.0. The van der Waals surface area contributed by atoms with E-state index in [-0.39, 0.29) is 6.10 Å². The topological polar surface area (TPSA) is 36.4 Å². The van der Waals surface area contributed by atoms with Gasteiger partial charge in [-0.25, -0.2) is 4.98 Å². The second-order valence-electron chi connectivity index (χ2n) is 5.55. The standard InChI is InChI=1S/C16H20N2OS/c1-11-6-8-12(9-7-11)10-18(2)16-17-15-13(19)4-3-5-14(15)20-16/h6-9,13,19H,3-5,10H2,1-2H3. The lowest BCUT2D eigenvalue weighted by molar-refractivity contribution is 0.153. The SMILES string of the molecule is Cc1ccc(CN(C)c2nc3c(s2)CCCC3O)cc1. The second-order valence-corrected chi connectivity index (χ2v) is 6.62. The molecule has 1 heterocycles. The van der Waals surface area contributed by atoms with Gasteiger partial charge in [-0.05, 0) is 31.7 Å². The van der Waals surface area contributed by atoms with Crippen LogP contribution in [-0.2, 0) is 13.0 Å². The number of thiazole rings is 1. The van der Waals surface area contributed by atoms with E-state index in [2.05, 4.69) is 48.1 Å². The third-order valence-corrected chi connectivity index (χ3v) is 5.03. The number of hydrogen-bond donors (Lipinski definition) is 1. The smallest absolute Gasteiger partial charge is 0.185 e. The van der Waals surface area contributed by atoms with Gasteiger partial charge in [-0.2, -0.15) is 0 Å². The molecule has 0 aliphatic heterocycles. The van der Waals surface area contributed by atoms with Crippen LogP contribution in [0.15, 0.2) is 24.3 Å². The minimum Gasteiger partial charge on any atom is -0.387 e. The van der Waals surface area contributed by atoms with Crippen molar-refractivity contribution in [3.05, 3.63) is 46.0 Å². The summed E-state index contributed by atoms with van der Waals surface area (Å²) in [6.07, 6.45) is 2.61. The highest BCUT2D eigenvalue weighted by atomic mass is 32.1. The van der Waals surface area contributed by atoms with Crippen molar-refractivity contribution in [3.8, 4) is 0 Å². The largest absolute Gasteiger partial charge is 0.387 e. The Morgan fingerprint density at radius 2 is 2.10 bits per heavy atom. The van der Waals surface area contributed by atoms with Gasteiger partial charge < -0.3 is 10.0 Å². The number of fused-ring (bicyclic) bond motifs is 1. The van der Waals surface area contributed by atoms with Crippen LogP contribution in [0.4, 0.5) is 5.13 Å². The number of aliphatic hydroxyl groups is 1. The van der Waals surface area contributed by atoms with Gasteiger partial charge >= 0.3 is 0 Å². The molecule has 1 aromatic heterocycles. The summed E-state index contributed by atoms with van der Waals surface area (Å²) in [6.45, 7) is 2.95. The summed E-state index contributed by atoms with van der Waals surface area (Å²) in [5.74, 6) is 0. The van der Waals surface area contributed by atoms with E-state index in [1.807, 2.05) is 0 Å². The summed E-state index contributed by atoms with van der Waals surface area (Å²) in [6, 6.07) is 8.60. The zero-order valence-electron chi connectivity index (χ0n) is 12.0. The van der Waals surface area contributed by atoms with E-state index in [0.29, 0.717) is 0 Å². The van der Waals surface area contributed by atoms with Crippen LogP contribution in [0.1, 0.15) is 40.6 Å². The zero-order chi connectivity index (χ0) is 14.1. The van der Waals surface area contributed by atoms with Gasteiger partial charge in [-0.15, -0.1) is 11.3 Å². The molecule has 1 N–H and O–H groups in total. The Hall–Kier alpha value is -1.39. The van der Waals surface area contributed by atoms with Crippen molar-refractivity contribution in [1.29, 1.82) is 0 Å². The van der Waals surface area contributed by atoms with Crippen molar-refractivity contribution < 1.29 is 5.11 Å². The Bertz CT molecular complexity index is 591. The number of aryl methyl sites for hydroxylation is 2. The molecule has 0 fully saturated rings. The second kappa shape index (κ2) is 5.54. The van der Waals surface area contributed by atoms with Crippen molar-refractivity contribution in [1.82, 2.24) is 4.98 Å². The van der Waals surface area contributed by atoms with Crippen LogP contribution in [0.3, 0.4) is 0 Å². The molecule has 20 heavy (non-hydrogen) atoms. The van der Waals surface area contributed by atoms with Crippen LogP contribution in [-0.4, -0.2) is 17.1 Å². The van der Waals surface area contributed by atoms with E-state index in [1.165, 1.54) is 16.0 Å². The number of nitrogens with zero attached hydrogens (tertiary/aromatic N) is 2. The average molecular weight is 288 g/mol. The van der Waals surface area contributed by atoms with Crippen LogP contribution in [0.2, 0.25) is 0 Å². The highest BCUT2D eigenvalue weighted by molar-refractivity contribution is 7.15. The fourth-order valence-corrected chi connectivity index (χ4v) is 3.70. The molecule has 2 aromatic rings. The maximum absolute atomic E-state index is 10.0. The van der Waals surface area contributed by atoms with Gasteiger partial charge in [-0.3, -0.25) is 0 Å². The minimum absolute atomic E-state index is 0.364. The summed E-state index contributed by atoms with van der Waals surface area (Å²) in [5, 5.41) is 11.0. The third-order valence-electron chi connectivity index (χ3n) is 3.78. The molecule has 3 rings (SSSR count). The molecule has 1 unspecified atom stereocenters. The van der Waals surface area contributed by atoms with Gasteiger partial charge in [0.25, 0.3) is 0 Å². The van der Waals surface area contributed by atoms with E-state index in [1.54, 1.807) is 11.3 Å². The van der Waals surface area contributed by atoms with Gasteiger partial charge in [-0.1, -0.05) is 29.8 Å². The Labute approximate surface area is 123 Å². The normalized spacial score (nSPS) is 17.9. The van der Waals surface area contributed by atoms with Crippen LogP contribution in [0.5, 0.6) is 0 Å². The summed E-state index contributed by atoms with van der Waals surface area (Å²) < 4.78 is 0. The lowest BCUT2D eigenvalue weighted by Crippen LogP contribution is -2.16. The van der Waals surface area contributed by atoms with Gasteiger partial charge in [0.15, 0.2) is 5.13 Å². The molecule has 4 heteroatoms. The number of anilines is 1. The fraction of sp³-hybridized carbons (Fsp3) is 0.438. The molecule has 0 saturated heterocycles. The molecule has 0 spiro atoms. The molecule has 0 saturated carbocycles. The molecule has 3 nitrogen and oxygen atoms in total. The van der Waals surface area contributed by atoms with Crippen LogP contribution in [0, 0.1) is 6.92 Å². The van der Waals surface area contributed by atoms with Crippen LogP contribution < -0.4 is 4.90 Å². The summed E-state index contributed by atoms with van der Waals surface area (Å²) in [7, 11) is 2.07. The van der Waals surface area contributed by atoms with Crippen molar-refractivity contribution in [2.45, 2.75) is 38.8 Å². The number of rotatable bonds is 3. The molecular weight excluding hydrogens is 268 g/mol. The van der Waals surface area contributed by atoms with E-state index in [4.69, 9.17) is 0 Å². The fourth-order valence-electron chi connectivity index (χ4n) is 2.58. The molecule has 1 aliphatic rings. The first-order valence-corrected chi connectivity index (χ1v) is 7.89. The predicted octanol–water partition coefficient (Wildman–Crippen LogP) is 3.46. The summed E-state index contributed by atoms with van der Waals surface area (Å²) >= 11 is 1.72. The van der Waals surface area contributed by atoms with Crippen molar-refractivity contribution in [2.75, 3.05) is 11.9 Å². The Kier molecular flexibility index (Phi) is 3.76. The van der Waals surface area contributed by atoms with Gasteiger partial charge in [0.1, 0.15) is 0 Å². The maximum Gasteiger partial charge on any atom is 0.185 e. The lowest BCUT2D eigenvalue weighted by Gasteiger charge is -2.16. The Morgan fingerprint density at radius 3 is 2.80 bits per heavy atom. The van der Waals surface area contributed by atoms with E-state index in [0.717, 1.165) is 36.6 Å². The first-order valence-electron chi connectivity index (χ1n) is 7.08. The first kappa shape index (κ1) is 13.6. The zero-order valence-corrected chi connectivity index (χ0v) is 12.8. The van der Waals surface area contributed by atoms with Crippen LogP contribution in [0.25, 0.3) is 0 Å². The monoisotopic (exact) mass is 288 g/mol.